The quantitative estimate of drug-likeness (QED) is 0.730. The van der Waals surface area contributed by atoms with Crippen LogP contribution in [-0.4, -0.2) is 25.5 Å². The molecule has 1 atom stereocenters. The molecule has 0 aromatic rings. The molecule has 0 aliphatic carbocycles. The Bertz CT molecular complexity index is 307. The number of hydrogen-bond acceptors (Lipinski definition) is 2. The van der Waals surface area contributed by atoms with Gasteiger partial charge < -0.3 is 0 Å². The van der Waals surface area contributed by atoms with Crippen LogP contribution in [0, 0.1) is 11.3 Å². The first-order valence-corrected chi connectivity index (χ1v) is 8.91. The third-order valence-electron chi connectivity index (χ3n) is 2.68. The van der Waals surface area contributed by atoms with E-state index in [0.29, 0.717) is 12.3 Å². The molecule has 0 spiro atoms. The minimum Gasteiger partial charge on any atom is -0.212 e. The molecule has 0 aromatic carbocycles. The molecule has 17 heavy (non-hydrogen) atoms. The van der Waals surface area contributed by atoms with Crippen molar-refractivity contribution in [1.82, 2.24) is 4.72 Å². The summed E-state index contributed by atoms with van der Waals surface area (Å²) in [7, 11) is -3.15. The van der Waals surface area contributed by atoms with E-state index < -0.39 is 10.0 Å². The van der Waals surface area contributed by atoms with Gasteiger partial charge >= 0.3 is 0 Å². The summed E-state index contributed by atoms with van der Waals surface area (Å²) in [6, 6.07) is 0.0272. The monoisotopic (exact) mass is 327 g/mol. The Morgan fingerprint density at radius 3 is 2.12 bits per heavy atom. The molecule has 0 heterocycles. The van der Waals surface area contributed by atoms with Gasteiger partial charge in [-0.2, -0.15) is 0 Å². The maximum absolute atomic E-state index is 11.9. The third-order valence-corrected chi connectivity index (χ3v) is 4.54. The van der Waals surface area contributed by atoms with Gasteiger partial charge in [-0.25, -0.2) is 13.1 Å². The Hall–Kier alpha value is 0.390. The number of halogens is 1. The van der Waals surface area contributed by atoms with E-state index >= 15 is 0 Å². The Balaban J connectivity index is 4.41. The van der Waals surface area contributed by atoms with Crippen molar-refractivity contribution in [3.63, 3.8) is 0 Å². The lowest BCUT2D eigenvalue weighted by molar-refractivity contribution is 0.392. The van der Waals surface area contributed by atoms with E-state index in [9.17, 15) is 8.42 Å². The van der Waals surface area contributed by atoms with E-state index in [4.69, 9.17) is 0 Å². The van der Waals surface area contributed by atoms with Gasteiger partial charge in [-0.05, 0) is 24.2 Å². The highest BCUT2D eigenvalue weighted by Crippen LogP contribution is 2.19. The molecule has 0 amide bonds. The number of sulfonamides is 1. The largest absolute Gasteiger partial charge is 0.212 e. The van der Waals surface area contributed by atoms with E-state index in [1.807, 2.05) is 13.8 Å². The lowest BCUT2D eigenvalue weighted by Gasteiger charge is -2.23. The molecular formula is C12H26BrNO2S. The highest BCUT2D eigenvalue weighted by Gasteiger charge is 2.22. The van der Waals surface area contributed by atoms with E-state index in [-0.39, 0.29) is 17.2 Å². The number of hydrogen-bond donors (Lipinski definition) is 1. The lowest BCUT2D eigenvalue weighted by atomic mass is 9.94. The standard InChI is InChI=1S/C12H26BrNO2S/c1-10(2)11(6-8-13)14-17(15,16)9-7-12(3,4)5/h10-11,14H,6-9H2,1-5H3. The second-order valence-electron chi connectivity index (χ2n) is 6.08. The highest BCUT2D eigenvalue weighted by molar-refractivity contribution is 9.09. The van der Waals surface area contributed by atoms with E-state index in [0.717, 1.165) is 11.8 Å². The molecule has 0 aliphatic rings. The first-order valence-electron chi connectivity index (χ1n) is 6.13. The second kappa shape index (κ2) is 7.10. The highest BCUT2D eigenvalue weighted by atomic mass is 79.9. The number of rotatable bonds is 7. The maximum atomic E-state index is 11.9. The lowest BCUT2D eigenvalue weighted by Crippen LogP contribution is -2.40. The second-order valence-corrected chi connectivity index (χ2v) is 8.74. The van der Waals surface area contributed by atoms with Crippen molar-refractivity contribution in [3.05, 3.63) is 0 Å². The maximum Gasteiger partial charge on any atom is 0.211 e. The van der Waals surface area contributed by atoms with Gasteiger partial charge in [0, 0.05) is 11.4 Å². The van der Waals surface area contributed by atoms with Crippen molar-refractivity contribution in [3.8, 4) is 0 Å². The van der Waals surface area contributed by atoms with Crippen LogP contribution in [-0.2, 0) is 10.0 Å². The van der Waals surface area contributed by atoms with Gasteiger partial charge in [0.25, 0.3) is 0 Å². The average molecular weight is 328 g/mol. The number of alkyl halides is 1. The molecule has 5 heteroatoms. The molecule has 0 fully saturated rings. The fraction of sp³-hybridized carbons (Fsp3) is 1.00. The van der Waals surface area contributed by atoms with Crippen LogP contribution in [0.15, 0.2) is 0 Å². The summed E-state index contributed by atoms with van der Waals surface area (Å²) in [6.45, 7) is 10.3. The Kier molecular flexibility index (Phi) is 7.26. The number of nitrogens with one attached hydrogen (secondary N) is 1. The van der Waals surface area contributed by atoms with Crippen LogP contribution in [0.4, 0.5) is 0 Å². The normalized spacial score (nSPS) is 15.2. The van der Waals surface area contributed by atoms with Gasteiger partial charge in [-0.15, -0.1) is 0 Å². The zero-order chi connectivity index (χ0) is 13.7. The van der Waals surface area contributed by atoms with Crippen LogP contribution < -0.4 is 4.72 Å². The topological polar surface area (TPSA) is 46.2 Å². The molecule has 0 radical (unpaired) electrons. The van der Waals surface area contributed by atoms with Crippen molar-refractivity contribution >= 4 is 26.0 Å². The summed E-state index contributed by atoms with van der Waals surface area (Å²) in [6.07, 6.45) is 1.51. The molecule has 0 aromatic heterocycles. The van der Waals surface area contributed by atoms with Crippen LogP contribution in [0.3, 0.4) is 0 Å². The molecule has 104 valence electrons. The van der Waals surface area contributed by atoms with Crippen molar-refractivity contribution in [2.24, 2.45) is 11.3 Å². The molecule has 3 nitrogen and oxygen atoms in total. The molecule has 0 rings (SSSR count). The van der Waals surface area contributed by atoms with E-state index in [2.05, 4.69) is 41.4 Å². The van der Waals surface area contributed by atoms with Crippen LogP contribution in [0.5, 0.6) is 0 Å². The fourth-order valence-corrected chi connectivity index (χ4v) is 3.72. The molecular weight excluding hydrogens is 302 g/mol. The van der Waals surface area contributed by atoms with E-state index in [1.54, 1.807) is 0 Å². The smallest absolute Gasteiger partial charge is 0.211 e. The molecule has 0 aliphatic heterocycles. The summed E-state index contributed by atoms with van der Waals surface area (Å²) < 4.78 is 26.7. The molecule has 1 N–H and O–H groups in total. The van der Waals surface area contributed by atoms with Crippen molar-refractivity contribution in [1.29, 1.82) is 0 Å². The molecule has 0 bridgehead atoms. The van der Waals surface area contributed by atoms with Gasteiger partial charge in [0.05, 0.1) is 5.75 Å². The zero-order valence-electron chi connectivity index (χ0n) is 11.6. The van der Waals surface area contributed by atoms with Gasteiger partial charge in [-0.1, -0.05) is 50.5 Å². The van der Waals surface area contributed by atoms with Crippen molar-refractivity contribution in [2.75, 3.05) is 11.1 Å². The predicted molar refractivity (Wildman–Crippen MR) is 78.0 cm³/mol. The van der Waals surface area contributed by atoms with Gasteiger partial charge in [0.1, 0.15) is 0 Å². The average Bonchev–Trinajstić information content (AvgIpc) is 2.13. The molecule has 0 saturated carbocycles. The summed E-state index contributed by atoms with van der Waals surface area (Å²) in [5.41, 5.74) is 0.0531. The minimum atomic E-state index is -3.15. The minimum absolute atomic E-state index is 0.0272. The van der Waals surface area contributed by atoms with Gasteiger partial charge in [0.2, 0.25) is 10.0 Å². The van der Waals surface area contributed by atoms with Crippen LogP contribution in [0.1, 0.15) is 47.5 Å². The first kappa shape index (κ1) is 17.4. The fourth-order valence-electron chi connectivity index (χ4n) is 1.38. The van der Waals surface area contributed by atoms with Crippen LogP contribution >= 0.6 is 15.9 Å². The molecule has 0 saturated heterocycles. The molecule has 1 unspecified atom stereocenters. The Morgan fingerprint density at radius 1 is 1.24 bits per heavy atom. The van der Waals surface area contributed by atoms with Crippen molar-refractivity contribution in [2.45, 2.75) is 53.5 Å². The summed E-state index contributed by atoms with van der Waals surface area (Å²) >= 11 is 3.36. The van der Waals surface area contributed by atoms with Crippen LogP contribution in [0.2, 0.25) is 0 Å². The Labute approximate surface area is 115 Å². The Morgan fingerprint density at radius 2 is 1.76 bits per heavy atom. The van der Waals surface area contributed by atoms with Crippen LogP contribution in [0.25, 0.3) is 0 Å². The predicted octanol–water partition coefficient (Wildman–Crippen LogP) is 3.15. The van der Waals surface area contributed by atoms with E-state index in [1.165, 1.54) is 0 Å². The first-order chi connectivity index (χ1) is 7.57. The summed E-state index contributed by atoms with van der Waals surface area (Å²) in [5.74, 6) is 0.527. The van der Waals surface area contributed by atoms with Gasteiger partial charge in [0.15, 0.2) is 0 Å². The zero-order valence-corrected chi connectivity index (χ0v) is 14.0. The summed E-state index contributed by atoms with van der Waals surface area (Å²) in [5, 5.41) is 0.817. The van der Waals surface area contributed by atoms with Crippen molar-refractivity contribution < 1.29 is 8.42 Å². The van der Waals surface area contributed by atoms with Gasteiger partial charge in [-0.3, -0.25) is 0 Å². The SMILES string of the molecule is CC(C)C(CCBr)NS(=O)(=O)CCC(C)(C)C. The summed E-state index contributed by atoms with van der Waals surface area (Å²) in [4.78, 5) is 0. The third kappa shape index (κ3) is 9.03.